The maximum Gasteiger partial charge on any atom is 0.331 e. The van der Waals surface area contributed by atoms with E-state index in [1.807, 2.05) is 0 Å². The predicted octanol–water partition coefficient (Wildman–Crippen LogP) is -0.728. The van der Waals surface area contributed by atoms with Crippen molar-refractivity contribution in [3.05, 3.63) is 18.0 Å². The second-order valence-corrected chi connectivity index (χ2v) is 3.64. The number of carboxylic acids is 1. The molecule has 7 nitrogen and oxygen atoms in total. The summed E-state index contributed by atoms with van der Waals surface area (Å²) in [5.74, 6) is -1.41. The summed E-state index contributed by atoms with van der Waals surface area (Å²) in [6.07, 6.45) is 3.23. The Morgan fingerprint density at radius 2 is 2.29 bits per heavy atom. The molecule has 0 radical (unpaired) electrons. The van der Waals surface area contributed by atoms with Crippen molar-refractivity contribution in [2.75, 3.05) is 13.6 Å². The first kappa shape index (κ1) is 13.2. The number of carboxylic acid groups (broad SMARTS) is 1. The van der Waals surface area contributed by atoms with Crippen molar-refractivity contribution in [3.63, 3.8) is 0 Å². The molecule has 0 saturated carbocycles. The molecule has 1 amide bonds. The van der Waals surface area contributed by atoms with Gasteiger partial charge in [0.2, 0.25) is 5.91 Å². The van der Waals surface area contributed by atoms with Gasteiger partial charge in [-0.15, -0.1) is 0 Å². The van der Waals surface area contributed by atoms with Gasteiger partial charge >= 0.3 is 5.97 Å². The summed E-state index contributed by atoms with van der Waals surface area (Å²) < 4.78 is 1.49. The molecule has 1 rings (SSSR count). The number of hydrogen-bond acceptors (Lipinski definition) is 4. The first-order chi connectivity index (χ1) is 8.04. The summed E-state index contributed by atoms with van der Waals surface area (Å²) in [6, 6.07) is -1.05. The van der Waals surface area contributed by atoms with Crippen molar-refractivity contribution < 1.29 is 14.7 Å². The van der Waals surface area contributed by atoms with Crippen LogP contribution >= 0.6 is 0 Å². The Bertz CT molecular complexity index is 402. The molecule has 0 fully saturated rings. The van der Waals surface area contributed by atoms with Crippen LogP contribution in [0, 0.1) is 0 Å². The second kappa shape index (κ2) is 6.00. The molecule has 0 aliphatic carbocycles. The second-order valence-electron chi connectivity index (χ2n) is 3.64. The number of amides is 1. The molecule has 1 heterocycles. The lowest BCUT2D eigenvalue weighted by molar-refractivity contribution is -0.142. The fraction of sp³-hybridized carbons (Fsp3) is 0.500. The zero-order valence-corrected chi connectivity index (χ0v) is 9.80. The van der Waals surface area contributed by atoms with Gasteiger partial charge in [-0.3, -0.25) is 9.48 Å². The summed E-state index contributed by atoms with van der Waals surface area (Å²) in [5, 5.41) is 18.2. The van der Waals surface area contributed by atoms with Crippen LogP contribution in [0.4, 0.5) is 0 Å². The summed E-state index contributed by atoms with van der Waals surface area (Å²) in [4.78, 5) is 22.5. The lowest BCUT2D eigenvalue weighted by Gasteiger charge is -2.12. The van der Waals surface area contributed by atoms with Crippen molar-refractivity contribution in [1.82, 2.24) is 20.4 Å². The fourth-order valence-corrected chi connectivity index (χ4v) is 1.35. The van der Waals surface area contributed by atoms with Crippen LogP contribution in [0.15, 0.2) is 12.4 Å². The van der Waals surface area contributed by atoms with E-state index in [1.165, 1.54) is 10.9 Å². The van der Waals surface area contributed by atoms with Gasteiger partial charge < -0.3 is 15.7 Å². The molecule has 7 heteroatoms. The van der Waals surface area contributed by atoms with Crippen LogP contribution in [0.2, 0.25) is 0 Å². The maximum absolute atomic E-state index is 11.5. The van der Waals surface area contributed by atoms with Crippen molar-refractivity contribution in [3.8, 4) is 0 Å². The number of rotatable bonds is 6. The number of nitrogens with zero attached hydrogens (tertiary/aromatic N) is 2. The van der Waals surface area contributed by atoms with Gasteiger partial charge in [0.15, 0.2) is 6.04 Å². The van der Waals surface area contributed by atoms with Crippen molar-refractivity contribution in [1.29, 1.82) is 0 Å². The van der Waals surface area contributed by atoms with Gasteiger partial charge in [0.05, 0.1) is 6.20 Å². The minimum atomic E-state index is -1.10. The third kappa shape index (κ3) is 3.87. The molecule has 1 aromatic heterocycles. The van der Waals surface area contributed by atoms with Crippen LogP contribution in [-0.2, 0) is 16.6 Å². The molecule has 0 aliphatic heterocycles. The lowest BCUT2D eigenvalue weighted by Crippen LogP contribution is -2.34. The fourth-order valence-electron chi connectivity index (χ4n) is 1.35. The molecular formula is C10H16N4O3. The largest absolute Gasteiger partial charge is 0.479 e. The average Bonchev–Trinajstić information content (AvgIpc) is 2.69. The van der Waals surface area contributed by atoms with Crippen LogP contribution in [0.1, 0.15) is 18.0 Å². The molecule has 0 aliphatic rings. The summed E-state index contributed by atoms with van der Waals surface area (Å²) in [5.41, 5.74) is 0.456. The van der Waals surface area contributed by atoms with Crippen molar-refractivity contribution in [2.24, 2.45) is 7.05 Å². The van der Waals surface area contributed by atoms with E-state index < -0.39 is 12.0 Å². The molecule has 0 saturated heterocycles. The van der Waals surface area contributed by atoms with Gasteiger partial charge in [-0.2, -0.15) is 5.10 Å². The molecule has 94 valence electrons. The van der Waals surface area contributed by atoms with Gasteiger partial charge in [0.1, 0.15) is 0 Å². The van der Waals surface area contributed by atoms with Crippen molar-refractivity contribution >= 4 is 11.9 Å². The Labute approximate surface area is 98.8 Å². The highest BCUT2D eigenvalue weighted by Gasteiger charge is 2.22. The number of aromatic nitrogens is 2. The first-order valence-electron chi connectivity index (χ1n) is 5.20. The number of carbonyl (C=O) groups excluding carboxylic acids is 1. The molecule has 1 unspecified atom stereocenters. The van der Waals surface area contributed by atoms with E-state index in [4.69, 9.17) is 5.11 Å². The SMILES string of the molecule is CNCCC(=O)NC(C(=O)O)c1cnn(C)c1. The van der Waals surface area contributed by atoms with Crippen LogP contribution in [0.25, 0.3) is 0 Å². The minimum Gasteiger partial charge on any atom is -0.479 e. The van der Waals surface area contributed by atoms with Crippen LogP contribution in [-0.4, -0.2) is 40.4 Å². The Morgan fingerprint density at radius 3 is 2.76 bits per heavy atom. The minimum absolute atomic E-state index is 0.237. The van der Waals surface area contributed by atoms with Gasteiger partial charge in [0.25, 0.3) is 0 Å². The van der Waals surface area contributed by atoms with Crippen LogP contribution < -0.4 is 10.6 Å². The third-order valence-corrected chi connectivity index (χ3v) is 2.21. The Kier molecular flexibility index (Phi) is 4.65. The molecular weight excluding hydrogens is 224 g/mol. The molecule has 17 heavy (non-hydrogen) atoms. The normalized spacial score (nSPS) is 12.1. The van der Waals surface area contributed by atoms with Gasteiger partial charge in [-0.25, -0.2) is 4.79 Å². The molecule has 0 aromatic carbocycles. The third-order valence-electron chi connectivity index (χ3n) is 2.21. The predicted molar refractivity (Wildman–Crippen MR) is 60.3 cm³/mol. The Hall–Kier alpha value is -1.89. The monoisotopic (exact) mass is 240 g/mol. The molecule has 3 N–H and O–H groups in total. The highest BCUT2D eigenvalue weighted by Crippen LogP contribution is 2.11. The molecule has 0 bridgehead atoms. The van der Waals surface area contributed by atoms with Gasteiger partial charge in [0, 0.05) is 31.8 Å². The van der Waals surface area contributed by atoms with Crippen LogP contribution in [0.3, 0.4) is 0 Å². The lowest BCUT2D eigenvalue weighted by atomic mass is 10.1. The van der Waals surface area contributed by atoms with Crippen molar-refractivity contribution in [2.45, 2.75) is 12.5 Å². The highest BCUT2D eigenvalue weighted by molar-refractivity contribution is 5.84. The van der Waals surface area contributed by atoms with E-state index in [0.29, 0.717) is 12.1 Å². The quantitative estimate of drug-likeness (QED) is 0.609. The standard InChI is InChI=1S/C10H16N4O3/c1-11-4-3-8(15)13-9(10(16)17)7-5-12-14(2)6-7/h5-6,9,11H,3-4H2,1-2H3,(H,13,15)(H,16,17). The zero-order valence-electron chi connectivity index (χ0n) is 9.80. The smallest absolute Gasteiger partial charge is 0.331 e. The Balaban J connectivity index is 2.67. The van der Waals surface area contributed by atoms with Gasteiger partial charge in [-0.05, 0) is 7.05 Å². The summed E-state index contributed by atoms with van der Waals surface area (Å²) in [7, 11) is 3.41. The average molecular weight is 240 g/mol. The number of aliphatic carboxylic acids is 1. The molecule has 1 aromatic rings. The first-order valence-corrected chi connectivity index (χ1v) is 5.20. The van der Waals surface area contributed by atoms with E-state index in [0.717, 1.165) is 0 Å². The van der Waals surface area contributed by atoms with E-state index in [2.05, 4.69) is 15.7 Å². The highest BCUT2D eigenvalue weighted by atomic mass is 16.4. The Morgan fingerprint density at radius 1 is 1.59 bits per heavy atom. The van der Waals surface area contributed by atoms with Crippen LogP contribution in [0.5, 0.6) is 0 Å². The molecule has 1 atom stereocenters. The van der Waals surface area contributed by atoms with E-state index >= 15 is 0 Å². The van der Waals surface area contributed by atoms with Gasteiger partial charge in [-0.1, -0.05) is 0 Å². The number of aryl methyl sites for hydroxylation is 1. The number of hydrogen-bond donors (Lipinski definition) is 3. The number of carbonyl (C=O) groups is 2. The topological polar surface area (TPSA) is 96.2 Å². The summed E-state index contributed by atoms with van der Waals surface area (Å²) >= 11 is 0. The zero-order chi connectivity index (χ0) is 12.8. The summed E-state index contributed by atoms with van der Waals surface area (Å²) in [6.45, 7) is 0.505. The van der Waals surface area contributed by atoms with E-state index in [1.54, 1.807) is 20.3 Å². The number of nitrogens with one attached hydrogen (secondary N) is 2. The maximum atomic E-state index is 11.5. The van der Waals surface area contributed by atoms with E-state index in [9.17, 15) is 9.59 Å². The van der Waals surface area contributed by atoms with E-state index in [-0.39, 0.29) is 12.3 Å². The molecule has 0 spiro atoms.